The van der Waals surface area contributed by atoms with Gasteiger partial charge in [0.05, 0.1) is 5.69 Å². The molecule has 0 bridgehead atoms. The second kappa shape index (κ2) is 8.49. The van der Waals surface area contributed by atoms with Crippen molar-refractivity contribution in [3.05, 3.63) is 42.4 Å². The predicted octanol–water partition coefficient (Wildman–Crippen LogP) is 3.37. The number of piperidine rings is 1. The van der Waals surface area contributed by atoms with Crippen LogP contribution in [0.15, 0.2) is 36.5 Å². The van der Waals surface area contributed by atoms with Gasteiger partial charge in [0.15, 0.2) is 0 Å². The first-order chi connectivity index (χ1) is 11.8. The number of nitrogens with zero attached hydrogens (tertiary/aromatic N) is 3. The molecule has 3 rings (SSSR count). The summed E-state index contributed by atoms with van der Waals surface area (Å²) in [6.45, 7) is 5.28. The summed E-state index contributed by atoms with van der Waals surface area (Å²) in [6, 6.07) is 11.4. The molecule has 1 aromatic carbocycles. The standard InChI is InChI=1S/C19H26N4S/c1-15-20-9-6-19(22-15)16-4-3-5-18(14-16)23-11-7-17(8-12-23)21-10-13-24-2/h3-6,9,14,17,21H,7-8,10-13H2,1-2H3. The fraction of sp³-hybridized carbons (Fsp3) is 0.474. The Kier molecular flexibility index (Phi) is 6.10. The van der Waals surface area contributed by atoms with Gasteiger partial charge in [-0.15, -0.1) is 0 Å². The lowest BCUT2D eigenvalue weighted by Gasteiger charge is -2.34. The first-order valence-electron chi connectivity index (χ1n) is 8.63. The van der Waals surface area contributed by atoms with E-state index in [0.717, 1.165) is 31.2 Å². The van der Waals surface area contributed by atoms with E-state index in [4.69, 9.17) is 0 Å². The average molecular weight is 343 g/mol. The number of hydrogen-bond donors (Lipinski definition) is 1. The summed E-state index contributed by atoms with van der Waals surface area (Å²) >= 11 is 1.90. The van der Waals surface area contributed by atoms with Crippen LogP contribution in [0, 0.1) is 6.92 Å². The van der Waals surface area contributed by atoms with Crippen molar-refractivity contribution in [1.82, 2.24) is 15.3 Å². The third-order valence-corrected chi connectivity index (χ3v) is 5.13. The fourth-order valence-corrected chi connectivity index (χ4v) is 3.51. The molecule has 24 heavy (non-hydrogen) atoms. The van der Waals surface area contributed by atoms with Gasteiger partial charge in [-0.25, -0.2) is 9.97 Å². The molecule has 4 nitrogen and oxygen atoms in total. The Morgan fingerprint density at radius 1 is 1.25 bits per heavy atom. The van der Waals surface area contributed by atoms with Crippen molar-refractivity contribution in [3.63, 3.8) is 0 Å². The van der Waals surface area contributed by atoms with Gasteiger partial charge < -0.3 is 10.2 Å². The van der Waals surface area contributed by atoms with Crippen LogP contribution in [0.3, 0.4) is 0 Å². The highest BCUT2D eigenvalue weighted by atomic mass is 32.2. The van der Waals surface area contributed by atoms with Gasteiger partial charge in [-0.2, -0.15) is 11.8 Å². The zero-order chi connectivity index (χ0) is 16.8. The van der Waals surface area contributed by atoms with E-state index in [2.05, 4.69) is 50.7 Å². The highest BCUT2D eigenvalue weighted by Crippen LogP contribution is 2.25. The predicted molar refractivity (Wildman–Crippen MR) is 104 cm³/mol. The normalized spacial score (nSPS) is 15.7. The molecule has 0 radical (unpaired) electrons. The lowest BCUT2D eigenvalue weighted by atomic mass is 10.0. The largest absolute Gasteiger partial charge is 0.371 e. The summed E-state index contributed by atoms with van der Waals surface area (Å²) in [5, 5.41) is 3.67. The minimum atomic E-state index is 0.668. The molecule has 2 aromatic rings. The van der Waals surface area contributed by atoms with Crippen molar-refractivity contribution in [2.24, 2.45) is 0 Å². The summed E-state index contributed by atoms with van der Waals surface area (Å²) < 4.78 is 0. The van der Waals surface area contributed by atoms with Crippen LogP contribution in [0.25, 0.3) is 11.3 Å². The average Bonchev–Trinajstić information content (AvgIpc) is 2.63. The molecule has 0 aliphatic carbocycles. The van der Waals surface area contributed by atoms with E-state index in [1.807, 2.05) is 30.9 Å². The molecule has 1 fully saturated rings. The Bertz CT molecular complexity index is 653. The molecule has 1 aliphatic heterocycles. The number of aryl methyl sites for hydroxylation is 1. The van der Waals surface area contributed by atoms with Crippen LogP contribution in [0.1, 0.15) is 18.7 Å². The van der Waals surface area contributed by atoms with E-state index in [1.165, 1.54) is 29.8 Å². The fourth-order valence-electron chi connectivity index (χ4n) is 3.19. The first kappa shape index (κ1) is 17.2. The van der Waals surface area contributed by atoms with Gasteiger partial charge in [-0.3, -0.25) is 0 Å². The van der Waals surface area contributed by atoms with Crippen molar-refractivity contribution in [2.45, 2.75) is 25.8 Å². The van der Waals surface area contributed by atoms with Crippen LogP contribution < -0.4 is 10.2 Å². The summed E-state index contributed by atoms with van der Waals surface area (Å²) in [7, 11) is 0. The number of nitrogens with one attached hydrogen (secondary N) is 1. The van der Waals surface area contributed by atoms with Crippen molar-refractivity contribution in [3.8, 4) is 11.3 Å². The maximum absolute atomic E-state index is 4.54. The quantitative estimate of drug-likeness (QED) is 0.815. The number of thioether (sulfide) groups is 1. The second-order valence-corrected chi connectivity index (χ2v) is 7.23. The monoisotopic (exact) mass is 342 g/mol. The molecule has 5 heteroatoms. The number of anilines is 1. The molecular weight excluding hydrogens is 316 g/mol. The number of aromatic nitrogens is 2. The Morgan fingerprint density at radius 2 is 2.08 bits per heavy atom. The van der Waals surface area contributed by atoms with Crippen LogP contribution in [-0.2, 0) is 0 Å². The van der Waals surface area contributed by atoms with Crippen LogP contribution in [-0.4, -0.2) is 47.7 Å². The van der Waals surface area contributed by atoms with Gasteiger partial charge in [0, 0.05) is 48.9 Å². The summed E-state index contributed by atoms with van der Waals surface area (Å²) in [6.07, 6.45) is 6.42. The highest BCUT2D eigenvalue weighted by Gasteiger charge is 2.19. The van der Waals surface area contributed by atoms with E-state index in [9.17, 15) is 0 Å². The summed E-state index contributed by atoms with van der Waals surface area (Å²) in [4.78, 5) is 11.2. The van der Waals surface area contributed by atoms with Crippen molar-refractivity contribution >= 4 is 17.4 Å². The van der Waals surface area contributed by atoms with E-state index >= 15 is 0 Å². The van der Waals surface area contributed by atoms with Crippen LogP contribution in [0.4, 0.5) is 5.69 Å². The zero-order valence-corrected chi connectivity index (χ0v) is 15.4. The Hall–Kier alpha value is -1.59. The number of benzene rings is 1. The van der Waals surface area contributed by atoms with Gasteiger partial charge in [-0.05, 0) is 44.2 Å². The van der Waals surface area contributed by atoms with Crippen LogP contribution in [0.5, 0.6) is 0 Å². The summed E-state index contributed by atoms with van der Waals surface area (Å²) in [5.41, 5.74) is 3.46. The van der Waals surface area contributed by atoms with Gasteiger partial charge in [-0.1, -0.05) is 12.1 Å². The molecule has 1 saturated heterocycles. The Morgan fingerprint density at radius 3 is 2.83 bits per heavy atom. The van der Waals surface area contributed by atoms with Crippen molar-refractivity contribution in [1.29, 1.82) is 0 Å². The van der Waals surface area contributed by atoms with E-state index in [0.29, 0.717) is 6.04 Å². The molecule has 0 atom stereocenters. The van der Waals surface area contributed by atoms with Gasteiger partial charge in [0.1, 0.15) is 5.82 Å². The Labute approximate surface area is 149 Å². The maximum atomic E-state index is 4.54. The number of hydrogen-bond acceptors (Lipinski definition) is 5. The molecular formula is C19H26N4S. The van der Waals surface area contributed by atoms with Gasteiger partial charge in [0.2, 0.25) is 0 Å². The van der Waals surface area contributed by atoms with E-state index < -0.39 is 0 Å². The van der Waals surface area contributed by atoms with Crippen LogP contribution >= 0.6 is 11.8 Å². The van der Waals surface area contributed by atoms with Gasteiger partial charge in [0.25, 0.3) is 0 Å². The van der Waals surface area contributed by atoms with Crippen molar-refractivity contribution in [2.75, 3.05) is 36.5 Å². The van der Waals surface area contributed by atoms with Crippen molar-refractivity contribution < 1.29 is 0 Å². The zero-order valence-electron chi connectivity index (χ0n) is 14.5. The minimum Gasteiger partial charge on any atom is -0.371 e. The lowest BCUT2D eigenvalue weighted by molar-refractivity contribution is 0.425. The molecule has 1 aliphatic rings. The highest BCUT2D eigenvalue weighted by molar-refractivity contribution is 7.98. The van der Waals surface area contributed by atoms with E-state index in [-0.39, 0.29) is 0 Å². The van der Waals surface area contributed by atoms with E-state index in [1.54, 1.807) is 0 Å². The number of rotatable bonds is 6. The first-order valence-corrected chi connectivity index (χ1v) is 10.0. The third kappa shape index (κ3) is 4.48. The molecule has 1 aromatic heterocycles. The van der Waals surface area contributed by atoms with Gasteiger partial charge >= 0.3 is 0 Å². The van der Waals surface area contributed by atoms with Crippen LogP contribution in [0.2, 0.25) is 0 Å². The molecule has 128 valence electrons. The minimum absolute atomic E-state index is 0.668. The smallest absolute Gasteiger partial charge is 0.125 e. The third-order valence-electron chi connectivity index (χ3n) is 4.52. The molecule has 0 amide bonds. The topological polar surface area (TPSA) is 41.0 Å². The molecule has 0 saturated carbocycles. The second-order valence-electron chi connectivity index (χ2n) is 6.25. The summed E-state index contributed by atoms with van der Waals surface area (Å²) in [5.74, 6) is 2.01. The lowest BCUT2D eigenvalue weighted by Crippen LogP contribution is -2.43. The molecule has 1 N–H and O–H groups in total. The SMILES string of the molecule is CSCCNC1CCN(c2cccc(-c3ccnc(C)n3)c2)CC1. The molecule has 0 unspecified atom stereocenters. The Balaban J connectivity index is 1.63. The molecule has 2 heterocycles. The maximum Gasteiger partial charge on any atom is 0.125 e. The molecule has 0 spiro atoms.